The highest BCUT2D eigenvalue weighted by Crippen LogP contribution is 2.11. The highest BCUT2D eigenvalue weighted by atomic mass is 16.5. The number of para-hydroxylation sites is 2. The van der Waals surface area contributed by atoms with E-state index in [9.17, 15) is 5.21 Å². The van der Waals surface area contributed by atoms with Crippen molar-refractivity contribution in [1.82, 2.24) is 9.71 Å². The second-order valence-corrected chi connectivity index (χ2v) is 5.83. The Morgan fingerprint density at radius 3 is 2.58 bits per heavy atom. The molecule has 0 unspecified atom stereocenters. The van der Waals surface area contributed by atoms with Crippen molar-refractivity contribution in [3.05, 3.63) is 65.3 Å². The molecule has 0 bridgehead atoms. The van der Waals surface area contributed by atoms with Crippen molar-refractivity contribution < 1.29 is 5.21 Å². The second-order valence-electron chi connectivity index (χ2n) is 5.83. The van der Waals surface area contributed by atoms with Gasteiger partial charge in [-0.25, -0.2) is 4.98 Å². The summed E-state index contributed by atoms with van der Waals surface area (Å²) >= 11 is 0. The summed E-state index contributed by atoms with van der Waals surface area (Å²) in [6, 6.07) is 14.7. The van der Waals surface area contributed by atoms with E-state index in [1.54, 1.807) is 30.5 Å². The van der Waals surface area contributed by atoms with Crippen LogP contribution in [0.1, 0.15) is 11.3 Å². The third kappa shape index (κ3) is 3.39. The zero-order valence-corrected chi connectivity index (χ0v) is 14.5. The summed E-state index contributed by atoms with van der Waals surface area (Å²) in [5, 5.41) is 26.0. The Bertz CT molecular complexity index is 1050. The number of nitrogens with zero attached hydrogens (tertiary/aromatic N) is 5. The molecule has 0 aliphatic carbocycles. The number of benzene rings is 2. The van der Waals surface area contributed by atoms with E-state index >= 15 is 0 Å². The first-order chi connectivity index (χ1) is 12.5. The first-order valence-corrected chi connectivity index (χ1v) is 7.87. The lowest BCUT2D eigenvalue weighted by molar-refractivity contribution is 0.183. The number of aromatic nitrogens is 2. The van der Waals surface area contributed by atoms with Crippen molar-refractivity contribution >= 4 is 28.8 Å². The topological polar surface area (TPSA) is 116 Å². The summed E-state index contributed by atoms with van der Waals surface area (Å²) in [5.41, 5.74) is 8.57. The molecule has 3 rings (SSSR count). The van der Waals surface area contributed by atoms with Gasteiger partial charge in [0, 0.05) is 19.8 Å². The molecule has 0 saturated carbocycles. The number of hydrogen-bond donors (Lipinski definition) is 3. The van der Waals surface area contributed by atoms with E-state index < -0.39 is 0 Å². The van der Waals surface area contributed by atoms with Crippen molar-refractivity contribution in [1.29, 1.82) is 5.41 Å². The molecule has 0 saturated heterocycles. The van der Waals surface area contributed by atoms with Gasteiger partial charge in [-0.05, 0) is 29.8 Å². The fourth-order valence-electron chi connectivity index (χ4n) is 2.37. The van der Waals surface area contributed by atoms with Gasteiger partial charge in [-0.3, -0.25) is 5.41 Å². The zero-order valence-electron chi connectivity index (χ0n) is 14.5. The van der Waals surface area contributed by atoms with Crippen LogP contribution in [0.25, 0.3) is 11.0 Å². The number of amidine groups is 1. The van der Waals surface area contributed by atoms with Crippen LogP contribution in [0.5, 0.6) is 0 Å². The second kappa shape index (κ2) is 7.06. The molecule has 8 heteroatoms. The molecular formula is C18H19N7O. The van der Waals surface area contributed by atoms with Crippen molar-refractivity contribution in [2.24, 2.45) is 15.9 Å². The van der Waals surface area contributed by atoms with Gasteiger partial charge in [0.05, 0.1) is 11.7 Å². The molecule has 1 heterocycles. The smallest absolute Gasteiger partial charge is 0.191 e. The van der Waals surface area contributed by atoms with Crippen molar-refractivity contribution in [2.75, 3.05) is 19.0 Å². The Balaban J connectivity index is 1.89. The van der Waals surface area contributed by atoms with Gasteiger partial charge >= 0.3 is 0 Å². The number of rotatable bonds is 4. The number of nitrogens with one attached hydrogen (secondary N) is 1. The SMILES string of the molecule is CN(C)c1ccc(/C=N/N=C(\N)c2nc3ccccc3n(O)c2=N)cc1. The Kier molecular flexibility index (Phi) is 4.66. The maximum absolute atomic E-state index is 10.1. The third-order valence-corrected chi connectivity index (χ3v) is 3.80. The van der Waals surface area contributed by atoms with Crippen LogP contribution < -0.4 is 16.1 Å². The largest absolute Gasteiger partial charge is 0.426 e. The third-order valence-electron chi connectivity index (χ3n) is 3.80. The van der Waals surface area contributed by atoms with Crippen LogP contribution in [0.4, 0.5) is 5.69 Å². The predicted molar refractivity (Wildman–Crippen MR) is 102 cm³/mol. The molecule has 26 heavy (non-hydrogen) atoms. The van der Waals surface area contributed by atoms with Gasteiger partial charge in [0.2, 0.25) is 0 Å². The van der Waals surface area contributed by atoms with Gasteiger partial charge < -0.3 is 15.8 Å². The zero-order chi connectivity index (χ0) is 18.7. The highest BCUT2D eigenvalue weighted by Gasteiger charge is 2.10. The van der Waals surface area contributed by atoms with Crippen LogP contribution >= 0.6 is 0 Å². The molecule has 0 spiro atoms. The van der Waals surface area contributed by atoms with Gasteiger partial charge in [-0.1, -0.05) is 24.3 Å². The summed E-state index contributed by atoms with van der Waals surface area (Å²) < 4.78 is 0.726. The lowest BCUT2D eigenvalue weighted by Crippen LogP contribution is -2.31. The van der Waals surface area contributed by atoms with Gasteiger partial charge in [-0.2, -0.15) is 9.83 Å². The maximum atomic E-state index is 10.1. The Labute approximate surface area is 150 Å². The summed E-state index contributed by atoms with van der Waals surface area (Å²) in [4.78, 5) is 6.29. The summed E-state index contributed by atoms with van der Waals surface area (Å²) in [6.07, 6.45) is 1.56. The fraction of sp³-hybridized carbons (Fsp3) is 0.111. The Morgan fingerprint density at radius 2 is 1.88 bits per heavy atom. The molecular weight excluding hydrogens is 330 g/mol. The predicted octanol–water partition coefficient (Wildman–Crippen LogP) is 1.56. The molecule has 0 aliphatic rings. The average molecular weight is 349 g/mol. The van der Waals surface area contributed by atoms with E-state index in [0.717, 1.165) is 16.0 Å². The number of fused-ring (bicyclic) bond motifs is 1. The first kappa shape index (κ1) is 17.2. The van der Waals surface area contributed by atoms with Gasteiger partial charge in [0.1, 0.15) is 5.52 Å². The minimum Gasteiger partial charge on any atom is -0.426 e. The van der Waals surface area contributed by atoms with Crippen LogP contribution in [0.2, 0.25) is 0 Å². The molecule has 2 aromatic carbocycles. The molecule has 1 aromatic heterocycles. The molecule has 0 atom stereocenters. The fourth-order valence-corrected chi connectivity index (χ4v) is 2.37. The van der Waals surface area contributed by atoms with Crippen molar-refractivity contribution in [3.63, 3.8) is 0 Å². The monoisotopic (exact) mass is 349 g/mol. The summed E-state index contributed by atoms with van der Waals surface area (Å²) in [7, 11) is 3.94. The standard InChI is InChI=1S/C18H19N7O/c1-24(2)13-9-7-12(8-10-13)11-21-23-17(19)16-18(20)25(26)15-6-4-3-5-14(15)22-16/h3-11,20,26H,1-2H3,(H2,19,23)/b20-18?,21-11+. The first-order valence-electron chi connectivity index (χ1n) is 7.87. The Morgan fingerprint density at radius 1 is 1.19 bits per heavy atom. The quantitative estimate of drug-likeness (QED) is 0.287. The minimum atomic E-state index is -0.254. The minimum absolute atomic E-state index is 0.0512. The number of nitrogens with two attached hydrogens (primary N) is 1. The van der Waals surface area contributed by atoms with E-state index in [1.807, 2.05) is 43.3 Å². The van der Waals surface area contributed by atoms with Gasteiger partial charge in [0.15, 0.2) is 17.0 Å². The van der Waals surface area contributed by atoms with E-state index in [-0.39, 0.29) is 17.0 Å². The van der Waals surface area contributed by atoms with Gasteiger partial charge in [-0.15, -0.1) is 5.10 Å². The number of hydrogen-bond acceptors (Lipinski definition) is 6. The van der Waals surface area contributed by atoms with E-state index in [0.29, 0.717) is 11.0 Å². The normalized spacial score (nSPS) is 12.0. The maximum Gasteiger partial charge on any atom is 0.191 e. The molecule has 132 valence electrons. The molecule has 0 radical (unpaired) electrons. The average Bonchev–Trinajstić information content (AvgIpc) is 2.65. The van der Waals surface area contributed by atoms with Crippen LogP contribution in [-0.4, -0.2) is 41.1 Å². The summed E-state index contributed by atoms with van der Waals surface area (Å²) in [5.74, 6) is -0.0512. The van der Waals surface area contributed by atoms with Crippen LogP contribution in [0.3, 0.4) is 0 Å². The van der Waals surface area contributed by atoms with Crippen LogP contribution in [0, 0.1) is 5.41 Å². The highest BCUT2D eigenvalue weighted by molar-refractivity contribution is 5.97. The lowest BCUT2D eigenvalue weighted by Gasteiger charge is -2.11. The molecule has 0 fully saturated rings. The molecule has 4 N–H and O–H groups in total. The molecule has 0 aliphatic heterocycles. The Hall–Kier alpha value is -3.68. The van der Waals surface area contributed by atoms with E-state index in [2.05, 4.69) is 15.2 Å². The van der Waals surface area contributed by atoms with E-state index in [4.69, 9.17) is 11.1 Å². The van der Waals surface area contributed by atoms with Crippen LogP contribution in [0.15, 0.2) is 58.7 Å². The van der Waals surface area contributed by atoms with Crippen LogP contribution in [-0.2, 0) is 0 Å². The van der Waals surface area contributed by atoms with Crippen molar-refractivity contribution in [2.45, 2.75) is 0 Å². The van der Waals surface area contributed by atoms with E-state index in [1.165, 1.54) is 0 Å². The number of anilines is 1. The van der Waals surface area contributed by atoms with Crippen molar-refractivity contribution in [3.8, 4) is 0 Å². The lowest BCUT2D eigenvalue weighted by atomic mass is 10.2. The molecule has 0 amide bonds. The molecule has 3 aromatic rings. The summed E-state index contributed by atoms with van der Waals surface area (Å²) in [6.45, 7) is 0. The molecule has 8 nitrogen and oxygen atoms in total. The van der Waals surface area contributed by atoms with Gasteiger partial charge in [0.25, 0.3) is 0 Å².